The standard InChI is InChI=1S/C17H23NO2S/c1-2-7-16(17-10-6-11-21-17)18-12-14(19)13-20-15-8-4-3-5-9-15/h3-6,8-11,14,16,18-19H,2,7,12-13H2,1H3. The van der Waals surface area contributed by atoms with E-state index >= 15 is 0 Å². The van der Waals surface area contributed by atoms with Crippen molar-refractivity contribution in [2.75, 3.05) is 13.2 Å². The molecule has 3 nitrogen and oxygen atoms in total. The SMILES string of the molecule is CCCC(NCC(O)COc1ccccc1)c1cccs1. The quantitative estimate of drug-likeness (QED) is 0.743. The minimum Gasteiger partial charge on any atom is -0.491 e. The molecule has 21 heavy (non-hydrogen) atoms. The number of thiophene rings is 1. The zero-order valence-electron chi connectivity index (χ0n) is 12.4. The van der Waals surface area contributed by atoms with Crippen molar-refractivity contribution in [3.63, 3.8) is 0 Å². The number of ether oxygens (including phenoxy) is 1. The molecule has 0 fully saturated rings. The topological polar surface area (TPSA) is 41.5 Å². The second-order valence-corrected chi connectivity index (χ2v) is 6.02. The zero-order valence-corrected chi connectivity index (χ0v) is 13.2. The first kappa shape index (κ1) is 16.0. The minimum absolute atomic E-state index is 0.306. The number of para-hydroxylation sites is 1. The van der Waals surface area contributed by atoms with E-state index in [9.17, 15) is 5.11 Å². The lowest BCUT2D eigenvalue weighted by molar-refractivity contribution is 0.103. The maximum Gasteiger partial charge on any atom is 0.119 e. The van der Waals surface area contributed by atoms with Crippen LogP contribution in [0, 0.1) is 0 Å². The van der Waals surface area contributed by atoms with E-state index in [1.807, 2.05) is 30.3 Å². The maximum atomic E-state index is 10.0. The van der Waals surface area contributed by atoms with Crippen LogP contribution in [-0.2, 0) is 0 Å². The van der Waals surface area contributed by atoms with Gasteiger partial charge in [-0.25, -0.2) is 0 Å². The van der Waals surface area contributed by atoms with Crippen LogP contribution < -0.4 is 10.1 Å². The van der Waals surface area contributed by atoms with Crippen molar-refractivity contribution in [3.8, 4) is 5.75 Å². The van der Waals surface area contributed by atoms with E-state index in [0.717, 1.165) is 18.6 Å². The highest BCUT2D eigenvalue weighted by Gasteiger charge is 2.13. The van der Waals surface area contributed by atoms with Crippen LogP contribution in [-0.4, -0.2) is 24.4 Å². The highest BCUT2D eigenvalue weighted by atomic mass is 32.1. The monoisotopic (exact) mass is 305 g/mol. The molecular formula is C17H23NO2S. The summed E-state index contributed by atoms with van der Waals surface area (Å²) < 4.78 is 5.56. The second kappa shape index (κ2) is 8.82. The van der Waals surface area contributed by atoms with Gasteiger partial charge < -0.3 is 15.2 Å². The predicted molar refractivity (Wildman–Crippen MR) is 87.9 cm³/mol. The van der Waals surface area contributed by atoms with E-state index in [2.05, 4.69) is 29.8 Å². The van der Waals surface area contributed by atoms with Gasteiger partial charge in [-0.3, -0.25) is 0 Å². The summed E-state index contributed by atoms with van der Waals surface area (Å²) in [6.45, 7) is 3.02. The summed E-state index contributed by atoms with van der Waals surface area (Å²) in [6, 6.07) is 14.1. The summed E-state index contributed by atoms with van der Waals surface area (Å²) >= 11 is 1.76. The lowest BCUT2D eigenvalue weighted by atomic mass is 10.1. The van der Waals surface area contributed by atoms with Gasteiger partial charge in [-0.15, -0.1) is 11.3 Å². The normalized spacial score (nSPS) is 13.8. The van der Waals surface area contributed by atoms with E-state index in [1.165, 1.54) is 4.88 Å². The summed E-state index contributed by atoms with van der Waals surface area (Å²) in [4.78, 5) is 1.33. The van der Waals surface area contributed by atoms with Crippen molar-refractivity contribution in [3.05, 3.63) is 52.7 Å². The number of benzene rings is 1. The Balaban J connectivity index is 1.75. The molecule has 4 heteroatoms. The third-order valence-corrected chi connectivity index (χ3v) is 4.24. The lowest BCUT2D eigenvalue weighted by Crippen LogP contribution is -2.33. The molecule has 2 unspecified atom stereocenters. The Hall–Kier alpha value is -1.36. The predicted octanol–water partition coefficient (Wildman–Crippen LogP) is 3.62. The number of rotatable bonds is 9. The maximum absolute atomic E-state index is 10.0. The molecule has 1 aromatic carbocycles. The number of hydrogen-bond donors (Lipinski definition) is 2. The molecule has 2 N–H and O–H groups in total. The lowest BCUT2D eigenvalue weighted by Gasteiger charge is -2.19. The van der Waals surface area contributed by atoms with Gasteiger partial charge in [0.15, 0.2) is 0 Å². The Kier molecular flexibility index (Phi) is 6.73. The van der Waals surface area contributed by atoms with Gasteiger partial charge in [0.1, 0.15) is 18.5 Å². The van der Waals surface area contributed by atoms with Gasteiger partial charge >= 0.3 is 0 Å². The smallest absolute Gasteiger partial charge is 0.119 e. The van der Waals surface area contributed by atoms with Gasteiger partial charge in [-0.05, 0) is 30.0 Å². The van der Waals surface area contributed by atoms with E-state index in [-0.39, 0.29) is 0 Å². The van der Waals surface area contributed by atoms with Crippen LogP contribution in [0.5, 0.6) is 5.75 Å². The van der Waals surface area contributed by atoms with Crippen LogP contribution in [0.2, 0.25) is 0 Å². The van der Waals surface area contributed by atoms with Crippen LogP contribution >= 0.6 is 11.3 Å². The number of aliphatic hydroxyl groups is 1. The van der Waals surface area contributed by atoms with E-state index in [1.54, 1.807) is 11.3 Å². The third kappa shape index (κ3) is 5.50. The molecule has 1 heterocycles. The first-order valence-corrected chi connectivity index (χ1v) is 8.30. The molecule has 2 aromatic rings. The molecule has 2 rings (SSSR count). The van der Waals surface area contributed by atoms with Gasteiger partial charge in [0, 0.05) is 17.5 Å². The molecule has 2 atom stereocenters. The summed E-state index contributed by atoms with van der Waals surface area (Å²) in [5.41, 5.74) is 0. The molecule has 0 saturated carbocycles. The molecule has 0 bridgehead atoms. The van der Waals surface area contributed by atoms with Gasteiger partial charge in [0.05, 0.1) is 0 Å². The van der Waals surface area contributed by atoms with Crippen molar-refractivity contribution in [1.82, 2.24) is 5.32 Å². The molecule has 114 valence electrons. The van der Waals surface area contributed by atoms with Crippen LogP contribution in [0.4, 0.5) is 0 Å². The summed E-state index contributed by atoms with van der Waals surface area (Å²) in [5, 5.41) is 15.6. The molecule has 0 aliphatic carbocycles. The van der Waals surface area contributed by atoms with E-state index in [4.69, 9.17) is 4.74 Å². The highest BCUT2D eigenvalue weighted by molar-refractivity contribution is 7.10. The zero-order chi connectivity index (χ0) is 14.9. The second-order valence-electron chi connectivity index (χ2n) is 5.04. The Bertz CT molecular complexity index is 487. The van der Waals surface area contributed by atoms with E-state index < -0.39 is 6.10 Å². The molecule has 0 aliphatic rings. The van der Waals surface area contributed by atoms with E-state index in [0.29, 0.717) is 19.2 Å². The molecular weight excluding hydrogens is 282 g/mol. The Morgan fingerprint density at radius 2 is 2.00 bits per heavy atom. The Labute approximate surface area is 130 Å². The molecule has 0 aliphatic heterocycles. The molecule has 0 radical (unpaired) electrons. The summed E-state index contributed by atoms with van der Waals surface area (Å²) in [6.07, 6.45) is 1.68. The van der Waals surface area contributed by atoms with Crippen molar-refractivity contribution in [2.24, 2.45) is 0 Å². The summed E-state index contributed by atoms with van der Waals surface area (Å²) in [5.74, 6) is 0.792. The average Bonchev–Trinajstić information content (AvgIpc) is 3.04. The van der Waals surface area contributed by atoms with Gasteiger partial charge in [-0.1, -0.05) is 37.6 Å². The van der Waals surface area contributed by atoms with Gasteiger partial charge in [0.25, 0.3) is 0 Å². The molecule has 0 spiro atoms. The van der Waals surface area contributed by atoms with Gasteiger partial charge in [0.2, 0.25) is 0 Å². The fourth-order valence-electron chi connectivity index (χ4n) is 2.17. The van der Waals surface area contributed by atoms with Crippen molar-refractivity contribution in [1.29, 1.82) is 0 Å². The van der Waals surface area contributed by atoms with Crippen molar-refractivity contribution < 1.29 is 9.84 Å². The minimum atomic E-state index is -0.510. The summed E-state index contributed by atoms with van der Waals surface area (Å²) in [7, 11) is 0. The highest BCUT2D eigenvalue weighted by Crippen LogP contribution is 2.23. The Morgan fingerprint density at radius 3 is 2.67 bits per heavy atom. The molecule has 0 saturated heterocycles. The van der Waals surface area contributed by atoms with Crippen molar-refractivity contribution in [2.45, 2.75) is 31.9 Å². The van der Waals surface area contributed by atoms with Crippen molar-refractivity contribution >= 4 is 11.3 Å². The number of hydrogen-bond acceptors (Lipinski definition) is 4. The fraction of sp³-hybridized carbons (Fsp3) is 0.412. The largest absolute Gasteiger partial charge is 0.491 e. The van der Waals surface area contributed by atoms with Crippen LogP contribution in [0.15, 0.2) is 47.8 Å². The first-order chi connectivity index (χ1) is 10.3. The average molecular weight is 305 g/mol. The van der Waals surface area contributed by atoms with Gasteiger partial charge in [-0.2, -0.15) is 0 Å². The number of aliphatic hydroxyl groups excluding tert-OH is 1. The third-order valence-electron chi connectivity index (χ3n) is 3.25. The van der Waals surface area contributed by atoms with Crippen LogP contribution in [0.1, 0.15) is 30.7 Å². The first-order valence-electron chi connectivity index (χ1n) is 7.42. The van der Waals surface area contributed by atoms with Crippen LogP contribution in [0.25, 0.3) is 0 Å². The Morgan fingerprint density at radius 1 is 1.19 bits per heavy atom. The molecule has 1 aromatic heterocycles. The van der Waals surface area contributed by atoms with Crippen LogP contribution in [0.3, 0.4) is 0 Å². The number of nitrogens with one attached hydrogen (secondary N) is 1. The fourth-order valence-corrected chi connectivity index (χ4v) is 3.01. The molecule has 0 amide bonds.